The highest BCUT2D eigenvalue weighted by Gasteiger charge is 2.32. The van der Waals surface area contributed by atoms with Crippen LogP contribution >= 0.6 is 0 Å². The van der Waals surface area contributed by atoms with Gasteiger partial charge < -0.3 is 5.73 Å². The maximum atomic E-state index is 11.7. The minimum Gasteiger partial charge on any atom is -0.368 e. The van der Waals surface area contributed by atoms with Crippen molar-refractivity contribution in [2.45, 2.75) is 33.2 Å². The zero-order valence-electron chi connectivity index (χ0n) is 11.1. The maximum Gasteiger partial charge on any atom is 0.242 e. The zero-order chi connectivity index (χ0) is 13.1. The lowest BCUT2D eigenvalue weighted by atomic mass is 9.89. The lowest BCUT2D eigenvalue weighted by Crippen LogP contribution is -2.51. The fourth-order valence-electron chi connectivity index (χ4n) is 1.70. The van der Waals surface area contributed by atoms with E-state index in [1.165, 1.54) is 0 Å². The van der Waals surface area contributed by atoms with E-state index in [1.807, 2.05) is 38.1 Å². The summed E-state index contributed by atoms with van der Waals surface area (Å²) in [6.07, 6.45) is 0. The Morgan fingerprint density at radius 1 is 1.47 bits per heavy atom. The van der Waals surface area contributed by atoms with Gasteiger partial charge in [-0.1, -0.05) is 43.7 Å². The van der Waals surface area contributed by atoms with Crippen LogP contribution in [-0.2, 0) is 10.3 Å². The summed E-state index contributed by atoms with van der Waals surface area (Å²) in [5, 5.41) is 3.26. The van der Waals surface area contributed by atoms with Crippen LogP contribution in [0.2, 0.25) is 0 Å². The fraction of sp³-hybridized carbons (Fsp3) is 0.500. The highest BCUT2D eigenvalue weighted by molar-refractivity contribution is 5.85. The Morgan fingerprint density at radius 3 is 2.59 bits per heavy atom. The van der Waals surface area contributed by atoms with Gasteiger partial charge in [0, 0.05) is 0 Å². The number of hydrogen-bond acceptors (Lipinski definition) is 2. The average molecular weight is 234 g/mol. The van der Waals surface area contributed by atoms with E-state index in [1.54, 1.807) is 0 Å². The Hall–Kier alpha value is -1.35. The molecule has 0 spiro atoms. The molecule has 0 fully saturated rings. The van der Waals surface area contributed by atoms with Crippen molar-refractivity contribution in [2.75, 3.05) is 6.54 Å². The largest absolute Gasteiger partial charge is 0.368 e. The Balaban J connectivity index is 3.03. The minimum atomic E-state index is -0.795. The molecule has 0 radical (unpaired) electrons. The minimum absolute atomic E-state index is 0.344. The van der Waals surface area contributed by atoms with E-state index in [2.05, 4.69) is 19.2 Å². The number of nitrogens with one attached hydrogen (secondary N) is 1. The molecule has 1 amide bonds. The second-order valence-corrected chi connectivity index (χ2v) is 5.13. The topological polar surface area (TPSA) is 55.1 Å². The Morgan fingerprint density at radius 2 is 2.12 bits per heavy atom. The van der Waals surface area contributed by atoms with Crippen molar-refractivity contribution in [3.8, 4) is 0 Å². The number of hydrogen-bond donors (Lipinski definition) is 2. The number of aryl methyl sites for hydroxylation is 1. The average Bonchev–Trinajstić information content (AvgIpc) is 2.25. The third-order valence-electron chi connectivity index (χ3n) is 2.95. The van der Waals surface area contributed by atoms with E-state index >= 15 is 0 Å². The Kier molecular flexibility index (Phi) is 4.29. The van der Waals surface area contributed by atoms with Gasteiger partial charge in [-0.05, 0) is 31.9 Å². The monoisotopic (exact) mass is 234 g/mol. The number of benzene rings is 1. The van der Waals surface area contributed by atoms with E-state index in [-0.39, 0.29) is 5.91 Å². The summed E-state index contributed by atoms with van der Waals surface area (Å²) >= 11 is 0. The fourth-order valence-corrected chi connectivity index (χ4v) is 1.70. The third kappa shape index (κ3) is 3.30. The Labute approximate surface area is 103 Å². The predicted molar refractivity (Wildman–Crippen MR) is 70.6 cm³/mol. The number of carbonyl (C=O) groups excluding carboxylic acids is 1. The Bertz CT molecular complexity index is 401. The van der Waals surface area contributed by atoms with Crippen LogP contribution in [0.15, 0.2) is 24.3 Å². The van der Waals surface area contributed by atoms with Crippen molar-refractivity contribution in [1.82, 2.24) is 5.32 Å². The summed E-state index contributed by atoms with van der Waals surface area (Å²) in [6, 6.07) is 7.89. The standard InChI is InChI=1S/C14H22N2O/c1-10(2)9-16-14(4,13(15)17)12-7-5-6-11(3)8-12/h5-8,10,16H,9H2,1-4H3,(H2,15,17). The van der Waals surface area contributed by atoms with Crippen molar-refractivity contribution in [1.29, 1.82) is 0 Å². The second-order valence-electron chi connectivity index (χ2n) is 5.13. The molecule has 0 aromatic heterocycles. The van der Waals surface area contributed by atoms with Crippen LogP contribution in [-0.4, -0.2) is 12.5 Å². The van der Waals surface area contributed by atoms with Crippen LogP contribution in [0.5, 0.6) is 0 Å². The van der Waals surface area contributed by atoms with Crippen molar-refractivity contribution in [3.63, 3.8) is 0 Å². The highest BCUT2D eigenvalue weighted by atomic mass is 16.1. The van der Waals surface area contributed by atoms with E-state index in [0.29, 0.717) is 5.92 Å². The molecule has 3 nitrogen and oxygen atoms in total. The smallest absolute Gasteiger partial charge is 0.242 e. The van der Waals surface area contributed by atoms with Gasteiger partial charge in [0.25, 0.3) is 0 Å². The molecule has 0 heterocycles. The van der Waals surface area contributed by atoms with Crippen LogP contribution in [0, 0.1) is 12.8 Å². The molecule has 1 atom stereocenters. The van der Waals surface area contributed by atoms with Gasteiger partial charge in [0.1, 0.15) is 5.54 Å². The van der Waals surface area contributed by atoms with E-state index < -0.39 is 5.54 Å². The number of nitrogens with two attached hydrogens (primary N) is 1. The first kappa shape index (κ1) is 13.7. The second kappa shape index (κ2) is 5.32. The van der Waals surface area contributed by atoms with E-state index in [0.717, 1.165) is 17.7 Å². The molecule has 17 heavy (non-hydrogen) atoms. The van der Waals surface area contributed by atoms with Gasteiger partial charge in [-0.15, -0.1) is 0 Å². The molecule has 0 aliphatic heterocycles. The molecule has 0 saturated carbocycles. The molecule has 0 aliphatic carbocycles. The lowest BCUT2D eigenvalue weighted by molar-refractivity contribution is -0.124. The van der Waals surface area contributed by atoms with Crippen LogP contribution in [0.1, 0.15) is 31.9 Å². The van der Waals surface area contributed by atoms with Crippen molar-refractivity contribution in [2.24, 2.45) is 11.7 Å². The van der Waals surface area contributed by atoms with Crippen molar-refractivity contribution >= 4 is 5.91 Å². The molecule has 0 saturated heterocycles. The first-order valence-electron chi connectivity index (χ1n) is 5.98. The van der Waals surface area contributed by atoms with Crippen molar-refractivity contribution < 1.29 is 4.79 Å². The SMILES string of the molecule is Cc1cccc(C(C)(NCC(C)C)C(N)=O)c1. The van der Waals surface area contributed by atoms with Gasteiger partial charge in [-0.2, -0.15) is 0 Å². The van der Waals surface area contributed by atoms with Gasteiger partial charge in [0.05, 0.1) is 0 Å². The van der Waals surface area contributed by atoms with Crippen LogP contribution < -0.4 is 11.1 Å². The van der Waals surface area contributed by atoms with Crippen LogP contribution in [0.4, 0.5) is 0 Å². The van der Waals surface area contributed by atoms with Gasteiger partial charge in [-0.25, -0.2) is 0 Å². The molecule has 0 aliphatic rings. The van der Waals surface area contributed by atoms with Gasteiger partial charge >= 0.3 is 0 Å². The first-order valence-corrected chi connectivity index (χ1v) is 5.98. The molecular formula is C14H22N2O. The highest BCUT2D eigenvalue weighted by Crippen LogP contribution is 2.21. The molecule has 3 heteroatoms. The van der Waals surface area contributed by atoms with Crippen molar-refractivity contribution in [3.05, 3.63) is 35.4 Å². The molecule has 1 unspecified atom stereocenters. The summed E-state index contributed by atoms with van der Waals surface area (Å²) in [5.74, 6) is 0.127. The van der Waals surface area contributed by atoms with Gasteiger partial charge in [0.2, 0.25) is 5.91 Å². The molecule has 0 bridgehead atoms. The number of carbonyl (C=O) groups is 1. The van der Waals surface area contributed by atoms with E-state index in [4.69, 9.17) is 5.73 Å². The molecule has 1 aromatic carbocycles. The number of primary amides is 1. The van der Waals surface area contributed by atoms with Crippen LogP contribution in [0.3, 0.4) is 0 Å². The molecule has 1 rings (SSSR count). The van der Waals surface area contributed by atoms with Gasteiger partial charge in [-0.3, -0.25) is 10.1 Å². The summed E-state index contributed by atoms with van der Waals surface area (Å²) in [7, 11) is 0. The van der Waals surface area contributed by atoms with Crippen LogP contribution in [0.25, 0.3) is 0 Å². The lowest BCUT2D eigenvalue weighted by Gasteiger charge is -2.29. The quantitative estimate of drug-likeness (QED) is 0.818. The zero-order valence-corrected chi connectivity index (χ0v) is 11.1. The summed E-state index contributed by atoms with van der Waals surface area (Å²) < 4.78 is 0. The van der Waals surface area contributed by atoms with E-state index in [9.17, 15) is 4.79 Å². The molecule has 3 N–H and O–H groups in total. The van der Waals surface area contributed by atoms with Gasteiger partial charge in [0.15, 0.2) is 0 Å². The number of amides is 1. The summed E-state index contributed by atoms with van der Waals surface area (Å²) in [4.78, 5) is 11.7. The summed E-state index contributed by atoms with van der Waals surface area (Å²) in [6.45, 7) is 8.81. The predicted octanol–water partition coefficient (Wildman–Crippen LogP) is 1.94. The normalized spacial score (nSPS) is 14.6. The maximum absolute atomic E-state index is 11.7. The number of rotatable bonds is 5. The molecule has 94 valence electrons. The first-order chi connectivity index (χ1) is 7.86. The molecular weight excluding hydrogens is 212 g/mol. The molecule has 1 aromatic rings. The third-order valence-corrected chi connectivity index (χ3v) is 2.95. The summed E-state index contributed by atoms with van der Waals surface area (Å²) in [5.41, 5.74) is 6.79.